The van der Waals surface area contributed by atoms with Crippen LogP contribution in [0.2, 0.25) is 0 Å². The summed E-state index contributed by atoms with van der Waals surface area (Å²) in [6, 6.07) is 0. The summed E-state index contributed by atoms with van der Waals surface area (Å²) in [4.78, 5) is 21.2. The number of hydrogen-bond acceptors (Lipinski definition) is 3. The number of rotatable bonds is 5. The van der Waals surface area contributed by atoms with Crippen molar-refractivity contribution in [3.05, 3.63) is 0 Å². The molecule has 0 heterocycles. The van der Waals surface area contributed by atoms with E-state index in [9.17, 15) is 9.59 Å². The number of carboxylic acid groups (broad SMARTS) is 1. The second-order valence-corrected chi connectivity index (χ2v) is 3.59. The van der Waals surface area contributed by atoms with E-state index in [-0.39, 0.29) is 5.60 Å². The Hall–Kier alpha value is -1.10. The predicted molar refractivity (Wildman–Crippen MR) is 48.9 cm³/mol. The Kier molecular flexibility index (Phi) is 3.46. The Morgan fingerprint density at radius 1 is 1.50 bits per heavy atom. The van der Waals surface area contributed by atoms with Crippen LogP contribution in [0.4, 0.5) is 0 Å². The van der Waals surface area contributed by atoms with Gasteiger partial charge in [0.25, 0.3) is 0 Å². The number of nitrogens with one attached hydrogen (secondary N) is 1. The third kappa shape index (κ3) is 2.70. The molecular weight excluding hydrogens is 186 g/mol. The molecule has 1 aliphatic carbocycles. The van der Waals surface area contributed by atoms with Gasteiger partial charge in [-0.2, -0.15) is 0 Å². The Morgan fingerprint density at radius 3 is 2.50 bits per heavy atom. The zero-order valence-electron chi connectivity index (χ0n) is 8.21. The summed E-state index contributed by atoms with van der Waals surface area (Å²) >= 11 is 0. The molecule has 1 amide bonds. The molecule has 0 bridgehead atoms. The Morgan fingerprint density at radius 2 is 2.14 bits per heavy atom. The summed E-state index contributed by atoms with van der Waals surface area (Å²) < 4.78 is 5.27. The van der Waals surface area contributed by atoms with Crippen LogP contribution in [0.25, 0.3) is 0 Å². The molecule has 2 N–H and O–H groups in total. The lowest BCUT2D eigenvalue weighted by atomic mass is 9.80. The second kappa shape index (κ2) is 4.41. The summed E-state index contributed by atoms with van der Waals surface area (Å²) in [6.07, 6.45) is 2.48. The number of carbonyl (C=O) groups excluding carboxylic acids is 1. The summed E-state index contributed by atoms with van der Waals surface area (Å²) in [5.74, 6) is -1.57. The van der Waals surface area contributed by atoms with Crippen LogP contribution in [-0.4, -0.2) is 36.2 Å². The lowest BCUT2D eigenvalue weighted by Gasteiger charge is -2.40. The van der Waals surface area contributed by atoms with Crippen molar-refractivity contribution in [2.24, 2.45) is 0 Å². The highest BCUT2D eigenvalue weighted by Crippen LogP contribution is 2.34. The molecule has 0 atom stereocenters. The molecule has 5 heteroatoms. The Bertz CT molecular complexity index is 229. The quantitative estimate of drug-likeness (QED) is 0.621. The van der Waals surface area contributed by atoms with Crippen molar-refractivity contribution in [1.82, 2.24) is 5.32 Å². The van der Waals surface area contributed by atoms with E-state index < -0.39 is 18.3 Å². The molecule has 0 aromatic heterocycles. The monoisotopic (exact) mass is 201 g/mol. The maximum atomic E-state index is 11.0. The maximum Gasteiger partial charge on any atom is 0.312 e. The highest BCUT2D eigenvalue weighted by atomic mass is 16.5. The minimum Gasteiger partial charge on any atom is -0.481 e. The van der Waals surface area contributed by atoms with Gasteiger partial charge in [-0.15, -0.1) is 0 Å². The maximum absolute atomic E-state index is 11.0. The molecule has 0 aromatic carbocycles. The summed E-state index contributed by atoms with van der Waals surface area (Å²) in [5.41, 5.74) is -0.242. The highest BCUT2D eigenvalue weighted by molar-refractivity contribution is 5.93. The lowest BCUT2D eigenvalue weighted by molar-refractivity contribution is -0.141. The lowest BCUT2D eigenvalue weighted by Crippen LogP contribution is -2.49. The number of ether oxygens (including phenoxy) is 1. The van der Waals surface area contributed by atoms with Gasteiger partial charge in [0.2, 0.25) is 5.91 Å². The molecule has 0 radical (unpaired) electrons. The molecule has 1 rings (SSSR count). The third-order valence-electron chi connectivity index (χ3n) is 2.62. The summed E-state index contributed by atoms with van der Waals surface area (Å²) in [5, 5.41) is 10.9. The van der Waals surface area contributed by atoms with Crippen LogP contribution in [-0.2, 0) is 14.3 Å². The number of hydrogen-bond donors (Lipinski definition) is 2. The SMILES string of the molecule is COC1(CNC(=O)CC(=O)O)CCC1. The van der Waals surface area contributed by atoms with E-state index in [1.54, 1.807) is 7.11 Å². The van der Waals surface area contributed by atoms with Crippen LogP contribution in [0, 0.1) is 0 Å². The van der Waals surface area contributed by atoms with E-state index >= 15 is 0 Å². The summed E-state index contributed by atoms with van der Waals surface area (Å²) in [6.45, 7) is 0.412. The Labute approximate surface area is 82.4 Å². The third-order valence-corrected chi connectivity index (χ3v) is 2.62. The van der Waals surface area contributed by atoms with E-state index in [0.717, 1.165) is 19.3 Å². The van der Waals surface area contributed by atoms with E-state index in [0.29, 0.717) is 6.54 Å². The molecule has 14 heavy (non-hydrogen) atoms. The predicted octanol–water partition coefficient (Wildman–Crippen LogP) is 0.146. The first-order chi connectivity index (χ1) is 6.58. The van der Waals surface area contributed by atoms with Gasteiger partial charge in [0.15, 0.2) is 0 Å². The standard InChI is InChI=1S/C9H15NO4/c1-14-9(3-2-4-9)6-10-7(11)5-8(12)13/h2-6H2,1H3,(H,10,11)(H,12,13). The molecule has 0 aliphatic heterocycles. The molecule has 0 aromatic rings. The first-order valence-corrected chi connectivity index (χ1v) is 4.62. The van der Waals surface area contributed by atoms with Crippen LogP contribution in [0.3, 0.4) is 0 Å². The zero-order chi connectivity index (χ0) is 10.6. The fraction of sp³-hybridized carbons (Fsp3) is 0.778. The van der Waals surface area contributed by atoms with Crippen molar-refractivity contribution in [2.75, 3.05) is 13.7 Å². The van der Waals surface area contributed by atoms with Gasteiger partial charge in [-0.25, -0.2) is 0 Å². The topological polar surface area (TPSA) is 75.6 Å². The van der Waals surface area contributed by atoms with Crippen LogP contribution in [0.1, 0.15) is 25.7 Å². The van der Waals surface area contributed by atoms with Crippen molar-refractivity contribution in [1.29, 1.82) is 0 Å². The number of carboxylic acids is 1. The van der Waals surface area contributed by atoms with Crippen molar-refractivity contribution in [3.63, 3.8) is 0 Å². The second-order valence-electron chi connectivity index (χ2n) is 3.59. The normalized spacial score (nSPS) is 18.4. The van der Waals surface area contributed by atoms with Gasteiger partial charge in [0.05, 0.1) is 5.60 Å². The minimum absolute atomic E-state index is 0.242. The number of methoxy groups -OCH3 is 1. The average molecular weight is 201 g/mol. The number of aliphatic carboxylic acids is 1. The summed E-state index contributed by atoms with van der Waals surface area (Å²) in [7, 11) is 1.61. The van der Waals surface area contributed by atoms with Gasteiger partial charge in [-0.05, 0) is 19.3 Å². The first-order valence-electron chi connectivity index (χ1n) is 4.62. The van der Waals surface area contributed by atoms with Crippen molar-refractivity contribution < 1.29 is 19.4 Å². The molecule has 1 fully saturated rings. The van der Waals surface area contributed by atoms with Crippen molar-refractivity contribution in [2.45, 2.75) is 31.3 Å². The molecular formula is C9H15NO4. The Balaban J connectivity index is 2.25. The van der Waals surface area contributed by atoms with Crippen molar-refractivity contribution in [3.8, 4) is 0 Å². The zero-order valence-corrected chi connectivity index (χ0v) is 8.21. The molecule has 1 saturated carbocycles. The van der Waals surface area contributed by atoms with E-state index in [4.69, 9.17) is 9.84 Å². The van der Waals surface area contributed by atoms with E-state index in [1.807, 2.05) is 0 Å². The molecule has 5 nitrogen and oxygen atoms in total. The average Bonchev–Trinajstić information content (AvgIpc) is 2.01. The number of carbonyl (C=O) groups is 2. The number of amides is 1. The first kappa shape index (κ1) is 11.0. The van der Waals surface area contributed by atoms with Crippen LogP contribution in [0.5, 0.6) is 0 Å². The molecule has 1 aliphatic rings. The van der Waals surface area contributed by atoms with E-state index in [2.05, 4.69) is 5.32 Å². The van der Waals surface area contributed by atoms with Crippen molar-refractivity contribution >= 4 is 11.9 Å². The van der Waals surface area contributed by atoms with Gasteiger partial charge in [0, 0.05) is 13.7 Å². The van der Waals surface area contributed by atoms with Gasteiger partial charge >= 0.3 is 5.97 Å². The molecule has 0 saturated heterocycles. The van der Waals surface area contributed by atoms with Gasteiger partial charge in [0.1, 0.15) is 6.42 Å². The highest BCUT2D eigenvalue weighted by Gasteiger charge is 2.37. The molecule has 0 unspecified atom stereocenters. The fourth-order valence-electron chi connectivity index (χ4n) is 1.48. The van der Waals surface area contributed by atoms with Gasteiger partial charge in [-0.3, -0.25) is 9.59 Å². The smallest absolute Gasteiger partial charge is 0.312 e. The minimum atomic E-state index is -1.11. The van der Waals surface area contributed by atoms with Crippen LogP contribution in [0.15, 0.2) is 0 Å². The largest absolute Gasteiger partial charge is 0.481 e. The van der Waals surface area contributed by atoms with Gasteiger partial charge < -0.3 is 15.2 Å². The van der Waals surface area contributed by atoms with Crippen LogP contribution >= 0.6 is 0 Å². The molecule has 0 spiro atoms. The van der Waals surface area contributed by atoms with E-state index in [1.165, 1.54) is 0 Å². The van der Waals surface area contributed by atoms with Crippen LogP contribution < -0.4 is 5.32 Å². The molecule has 80 valence electrons. The fourth-order valence-corrected chi connectivity index (χ4v) is 1.48. The van der Waals surface area contributed by atoms with Gasteiger partial charge in [-0.1, -0.05) is 0 Å².